The lowest BCUT2D eigenvalue weighted by molar-refractivity contribution is 0.0997. The predicted octanol–water partition coefficient (Wildman–Crippen LogP) is 5.46. The molecule has 0 atom stereocenters. The van der Waals surface area contributed by atoms with Gasteiger partial charge >= 0.3 is 0 Å². The molecule has 0 saturated heterocycles. The van der Waals surface area contributed by atoms with Crippen LogP contribution >= 0.6 is 11.3 Å². The average Bonchev–Trinajstić information content (AvgIpc) is 2.91. The smallest absolute Gasteiger partial charge is 0.279 e. The first-order valence-electron chi connectivity index (χ1n) is 9.09. The summed E-state index contributed by atoms with van der Waals surface area (Å²) in [7, 11) is 0. The molecule has 136 valence electrons. The zero-order valence-corrected chi connectivity index (χ0v) is 17.0. The number of hydrogen-bond acceptors (Lipinski definition) is 2. The second kappa shape index (κ2) is 7.20. The Hall–Kier alpha value is -2.20. The molecule has 4 heteroatoms. The van der Waals surface area contributed by atoms with E-state index in [1.54, 1.807) is 11.3 Å². The minimum absolute atomic E-state index is 0.0756. The first kappa shape index (κ1) is 18.6. The van der Waals surface area contributed by atoms with Crippen LogP contribution in [0.1, 0.15) is 55.6 Å². The predicted molar refractivity (Wildman–Crippen MR) is 110 cm³/mol. The molecule has 2 aromatic carbocycles. The summed E-state index contributed by atoms with van der Waals surface area (Å²) in [5.74, 6) is -0.182. The van der Waals surface area contributed by atoms with Gasteiger partial charge in [0.15, 0.2) is 4.80 Å². The van der Waals surface area contributed by atoms with Gasteiger partial charge in [-0.1, -0.05) is 57.2 Å². The van der Waals surface area contributed by atoms with Crippen molar-refractivity contribution in [3.05, 3.63) is 64.0 Å². The number of fused-ring (bicyclic) bond motifs is 1. The van der Waals surface area contributed by atoms with E-state index < -0.39 is 0 Å². The summed E-state index contributed by atoms with van der Waals surface area (Å²) in [6, 6.07) is 14.2. The minimum Gasteiger partial charge on any atom is -0.316 e. The van der Waals surface area contributed by atoms with E-state index in [9.17, 15) is 4.79 Å². The van der Waals surface area contributed by atoms with Crippen molar-refractivity contribution >= 4 is 27.5 Å². The van der Waals surface area contributed by atoms with Crippen LogP contribution in [-0.4, -0.2) is 10.5 Å². The van der Waals surface area contributed by atoms with Crippen molar-refractivity contribution in [1.29, 1.82) is 0 Å². The van der Waals surface area contributed by atoms with Crippen LogP contribution in [0.4, 0.5) is 0 Å². The normalized spacial score (nSPS) is 12.7. The number of aromatic nitrogens is 1. The van der Waals surface area contributed by atoms with Gasteiger partial charge in [-0.2, -0.15) is 4.99 Å². The molecule has 0 spiro atoms. The molecule has 0 aliphatic rings. The van der Waals surface area contributed by atoms with Crippen LogP contribution in [0.15, 0.2) is 47.5 Å². The van der Waals surface area contributed by atoms with E-state index in [1.165, 1.54) is 15.8 Å². The summed E-state index contributed by atoms with van der Waals surface area (Å²) in [6.07, 6.45) is 1.00. The van der Waals surface area contributed by atoms with E-state index in [0.29, 0.717) is 5.56 Å². The van der Waals surface area contributed by atoms with Gasteiger partial charge < -0.3 is 4.57 Å². The topological polar surface area (TPSA) is 34.4 Å². The molecular formula is C22H26N2OS. The average molecular weight is 367 g/mol. The Kier molecular flexibility index (Phi) is 5.15. The third-order valence-electron chi connectivity index (χ3n) is 4.48. The van der Waals surface area contributed by atoms with Gasteiger partial charge in [-0.15, -0.1) is 0 Å². The summed E-state index contributed by atoms with van der Waals surface area (Å²) in [5.41, 5.74) is 4.30. The van der Waals surface area contributed by atoms with Crippen LogP contribution in [0.25, 0.3) is 10.2 Å². The molecule has 0 fully saturated rings. The summed E-state index contributed by atoms with van der Waals surface area (Å²) < 4.78 is 3.33. The number of amides is 1. The van der Waals surface area contributed by atoms with E-state index in [0.717, 1.165) is 23.3 Å². The number of rotatable bonds is 3. The highest BCUT2D eigenvalue weighted by molar-refractivity contribution is 7.16. The van der Waals surface area contributed by atoms with E-state index in [1.807, 2.05) is 24.3 Å². The molecule has 0 saturated carbocycles. The molecule has 1 heterocycles. The molecule has 0 radical (unpaired) electrons. The van der Waals surface area contributed by atoms with Gasteiger partial charge in [0.2, 0.25) is 0 Å². The highest BCUT2D eigenvalue weighted by atomic mass is 32.1. The molecule has 0 N–H and O–H groups in total. The standard InChI is InChI=1S/C22H26N2OS/c1-6-13-24-18-12-7-15(2)14-19(18)26-21(24)23-20(25)16-8-10-17(11-9-16)22(3,4)5/h7-12,14H,6,13H2,1-5H3. The van der Waals surface area contributed by atoms with Crippen molar-refractivity contribution in [2.45, 2.75) is 53.0 Å². The van der Waals surface area contributed by atoms with E-state index >= 15 is 0 Å². The highest BCUT2D eigenvalue weighted by Crippen LogP contribution is 2.23. The number of nitrogens with zero attached hydrogens (tertiary/aromatic N) is 2. The van der Waals surface area contributed by atoms with Crippen molar-refractivity contribution in [1.82, 2.24) is 4.57 Å². The van der Waals surface area contributed by atoms with Crippen molar-refractivity contribution in [2.75, 3.05) is 0 Å². The number of aryl methyl sites for hydroxylation is 2. The summed E-state index contributed by atoms with van der Waals surface area (Å²) in [6.45, 7) is 11.6. The zero-order valence-electron chi connectivity index (χ0n) is 16.2. The summed E-state index contributed by atoms with van der Waals surface area (Å²) in [5, 5.41) is 0. The van der Waals surface area contributed by atoms with Gasteiger partial charge in [0.1, 0.15) is 0 Å². The Balaban J connectivity index is 2.03. The van der Waals surface area contributed by atoms with Crippen LogP contribution in [0, 0.1) is 6.92 Å². The number of carbonyl (C=O) groups is 1. The second-order valence-corrected chi connectivity index (χ2v) is 8.76. The van der Waals surface area contributed by atoms with Crippen molar-refractivity contribution in [3.8, 4) is 0 Å². The van der Waals surface area contributed by atoms with Gasteiger partial charge in [-0.25, -0.2) is 0 Å². The maximum Gasteiger partial charge on any atom is 0.279 e. The van der Waals surface area contributed by atoms with Gasteiger partial charge in [-0.05, 0) is 54.2 Å². The third kappa shape index (κ3) is 3.80. The molecule has 3 nitrogen and oxygen atoms in total. The number of thiazole rings is 1. The maximum atomic E-state index is 12.7. The van der Waals surface area contributed by atoms with Crippen LogP contribution in [-0.2, 0) is 12.0 Å². The van der Waals surface area contributed by atoms with Crippen LogP contribution < -0.4 is 4.80 Å². The molecule has 0 unspecified atom stereocenters. The Morgan fingerprint density at radius 2 is 1.81 bits per heavy atom. The molecule has 1 amide bonds. The van der Waals surface area contributed by atoms with E-state index in [-0.39, 0.29) is 11.3 Å². The lowest BCUT2D eigenvalue weighted by Gasteiger charge is -2.18. The molecule has 0 aliphatic carbocycles. The van der Waals surface area contributed by atoms with Crippen molar-refractivity contribution in [2.24, 2.45) is 4.99 Å². The fourth-order valence-corrected chi connectivity index (χ4v) is 4.12. The molecule has 0 aliphatic heterocycles. The van der Waals surface area contributed by atoms with Crippen LogP contribution in [0.3, 0.4) is 0 Å². The molecule has 26 heavy (non-hydrogen) atoms. The monoisotopic (exact) mass is 366 g/mol. The second-order valence-electron chi connectivity index (χ2n) is 7.75. The van der Waals surface area contributed by atoms with Crippen molar-refractivity contribution in [3.63, 3.8) is 0 Å². The quantitative estimate of drug-likeness (QED) is 0.606. The molecule has 3 aromatic rings. The Labute approximate surface area is 159 Å². The van der Waals surface area contributed by atoms with Crippen LogP contribution in [0.5, 0.6) is 0 Å². The SMILES string of the molecule is CCCn1c(=NC(=O)c2ccc(C(C)(C)C)cc2)sc2cc(C)ccc21. The minimum atomic E-state index is -0.182. The lowest BCUT2D eigenvalue weighted by Crippen LogP contribution is -2.17. The lowest BCUT2D eigenvalue weighted by atomic mass is 9.87. The zero-order chi connectivity index (χ0) is 18.9. The summed E-state index contributed by atoms with van der Waals surface area (Å²) >= 11 is 1.58. The fraction of sp³-hybridized carbons (Fsp3) is 0.364. The largest absolute Gasteiger partial charge is 0.316 e. The molecule has 1 aromatic heterocycles. The summed E-state index contributed by atoms with van der Waals surface area (Å²) in [4.78, 5) is 17.9. The maximum absolute atomic E-state index is 12.7. The highest BCUT2D eigenvalue weighted by Gasteiger charge is 2.14. The fourth-order valence-electron chi connectivity index (χ4n) is 2.97. The Morgan fingerprint density at radius 1 is 1.12 bits per heavy atom. The Morgan fingerprint density at radius 3 is 2.42 bits per heavy atom. The van der Waals surface area contributed by atoms with E-state index in [4.69, 9.17) is 0 Å². The number of benzene rings is 2. The molecule has 0 bridgehead atoms. The van der Waals surface area contributed by atoms with Gasteiger partial charge in [0, 0.05) is 12.1 Å². The third-order valence-corrected chi connectivity index (χ3v) is 5.52. The number of hydrogen-bond donors (Lipinski definition) is 0. The van der Waals surface area contributed by atoms with Crippen LogP contribution in [0.2, 0.25) is 0 Å². The van der Waals surface area contributed by atoms with Crippen molar-refractivity contribution < 1.29 is 4.79 Å². The Bertz CT molecular complexity index is 1000. The molecular weight excluding hydrogens is 340 g/mol. The van der Waals surface area contributed by atoms with Gasteiger partial charge in [0.25, 0.3) is 5.91 Å². The van der Waals surface area contributed by atoms with Gasteiger partial charge in [0.05, 0.1) is 10.2 Å². The first-order valence-corrected chi connectivity index (χ1v) is 9.91. The number of carbonyl (C=O) groups excluding carboxylic acids is 1. The van der Waals surface area contributed by atoms with Gasteiger partial charge in [-0.3, -0.25) is 4.79 Å². The first-order chi connectivity index (χ1) is 12.3. The molecule has 3 rings (SSSR count). The van der Waals surface area contributed by atoms with E-state index in [2.05, 4.69) is 62.4 Å².